The smallest absolute Gasteiger partial charge is 0.346 e. The molecule has 0 unspecified atom stereocenters. The van der Waals surface area contributed by atoms with Crippen molar-refractivity contribution in [1.82, 2.24) is 9.97 Å². The largest absolute Gasteiger partial charge is 0.477 e. The molecule has 19 heavy (non-hydrogen) atoms. The number of aromatic nitrogens is 2. The van der Waals surface area contributed by atoms with Gasteiger partial charge in [-0.05, 0) is 18.7 Å². The Balaban J connectivity index is 2.53. The van der Waals surface area contributed by atoms with Gasteiger partial charge in [0.1, 0.15) is 21.9 Å². The van der Waals surface area contributed by atoms with Crippen LogP contribution >= 0.6 is 23.1 Å². The second kappa shape index (κ2) is 5.75. The van der Waals surface area contributed by atoms with Gasteiger partial charge in [0.25, 0.3) is 0 Å². The first-order valence-corrected chi connectivity index (χ1v) is 7.94. The number of thioether (sulfide) groups is 1. The van der Waals surface area contributed by atoms with Gasteiger partial charge in [0, 0.05) is 19.3 Å². The van der Waals surface area contributed by atoms with Crippen LogP contribution in [-0.4, -0.2) is 46.6 Å². The number of rotatable bonds is 5. The van der Waals surface area contributed by atoms with Gasteiger partial charge in [-0.25, -0.2) is 14.8 Å². The molecular weight excluding hydrogens is 282 g/mol. The van der Waals surface area contributed by atoms with Gasteiger partial charge in [-0.2, -0.15) is 11.8 Å². The van der Waals surface area contributed by atoms with Crippen molar-refractivity contribution < 1.29 is 9.90 Å². The van der Waals surface area contributed by atoms with Gasteiger partial charge in [-0.1, -0.05) is 0 Å². The number of fused-ring (bicyclic) bond motifs is 1. The molecule has 0 spiro atoms. The molecule has 0 aliphatic rings. The number of anilines is 1. The summed E-state index contributed by atoms with van der Waals surface area (Å²) in [6.07, 6.45) is 3.55. The Labute approximate surface area is 119 Å². The van der Waals surface area contributed by atoms with Crippen molar-refractivity contribution in [3.05, 3.63) is 16.8 Å². The third-order valence-corrected chi connectivity index (χ3v) is 4.67. The maximum atomic E-state index is 11.2. The van der Waals surface area contributed by atoms with Crippen LogP contribution < -0.4 is 4.90 Å². The van der Waals surface area contributed by atoms with Crippen molar-refractivity contribution in [2.75, 3.05) is 30.5 Å². The van der Waals surface area contributed by atoms with Crippen LogP contribution in [0.3, 0.4) is 0 Å². The van der Waals surface area contributed by atoms with Gasteiger partial charge >= 0.3 is 5.97 Å². The third-order valence-electron chi connectivity index (χ3n) is 2.89. The van der Waals surface area contributed by atoms with Crippen LogP contribution in [0.25, 0.3) is 10.2 Å². The molecule has 0 fully saturated rings. The molecule has 0 saturated heterocycles. The number of aromatic carboxylic acids is 1. The van der Waals surface area contributed by atoms with Crippen molar-refractivity contribution in [1.29, 1.82) is 0 Å². The minimum Gasteiger partial charge on any atom is -0.477 e. The van der Waals surface area contributed by atoms with Crippen molar-refractivity contribution in [3.8, 4) is 0 Å². The Bertz CT molecular complexity index is 612. The monoisotopic (exact) mass is 297 g/mol. The fourth-order valence-electron chi connectivity index (χ4n) is 1.88. The molecule has 0 atom stereocenters. The van der Waals surface area contributed by atoms with E-state index in [0.29, 0.717) is 4.88 Å². The molecule has 5 nitrogen and oxygen atoms in total. The molecule has 0 bridgehead atoms. The van der Waals surface area contributed by atoms with E-state index >= 15 is 0 Å². The fraction of sp³-hybridized carbons (Fsp3) is 0.417. The van der Waals surface area contributed by atoms with E-state index in [9.17, 15) is 9.90 Å². The van der Waals surface area contributed by atoms with E-state index in [4.69, 9.17) is 0 Å². The zero-order valence-corrected chi connectivity index (χ0v) is 12.6. The van der Waals surface area contributed by atoms with Crippen LogP contribution in [0.4, 0.5) is 5.82 Å². The number of carbonyl (C=O) groups is 1. The summed E-state index contributed by atoms with van der Waals surface area (Å²) < 4.78 is 0. The highest BCUT2D eigenvalue weighted by Gasteiger charge is 2.19. The van der Waals surface area contributed by atoms with E-state index < -0.39 is 5.97 Å². The number of aryl methyl sites for hydroxylation is 1. The summed E-state index contributed by atoms with van der Waals surface area (Å²) in [7, 11) is 1.97. The Morgan fingerprint density at radius 2 is 2.26 bits per heavy atom. The van der Waals surface area contributed by atoms with Crippen molar-refractivity contribution in [2.45, 2.75) is 6.92 Å². The summed E-state index contributed by atoms with van der Waals surface area (Å²) in [5.74, 6) is 0.898. The van der Waals surface area contributed by atoms with Crippen molar-refractivity contribution in [3.63, 3.8) is 0 Å². The predicted octanol–water partition coefficient (Wildman–Crippen LogP) is 2.50. The number of carboxylic acids is 1. The zero-order valence-electron chi connectivity index (χ0n) is 11.0. The molecule has 0 aromatic carbocycles. The minimum absolute atomic E-state index is 0.343. The quantitative estimate of drug-likeness (QED) is 0.914. The van der Waals surface area contributed by atoms with Gasteiger partial charge in [0.15, 0.2) is 0 Å². The molecule has 2 aromatic rings. The van der Waals surface area contributed by atoms with Crippen LogP contribution in [0, 0.1) is 6.92 Å². The van der Waals surface area contributed by atoms with Crippen molar-refractivity contribution in [2.24, 2.45) is 0 Å². The SMILES string of the molecule is CSCCN(C)c1ncnc2sc(C(=O)O)c(C)c12. The van der Waals surface area contributed by atoms with Gasteiger partial charge in [0.2, 0.25) is 0 Å². The molecule has 2 heterocycles. The maximum absolute atomic E-state index is 11.2. The Hall–Kier alpha value is -1.34. The molecular formula is C12H15N3O2S2. The number of thiophene rings is 1. The van der Waals surface area contributed by atoms with Gasteiger partial charge in [-0.15, -0.1) is 11.3 Å². The Morgan fingerprint density at radius 1 is 1.53 bits per heavy atom. The molecule has 2 rings (SSSR count). The molecule has 0 amide bonds. The van der Waals surface area contributed by atoms with Crippen LogP contribution in [0.15, 0.2) is 6.33 Å². The second-order valence-electron chi connectivity index (χ2n) is 4.15. The average molecular weight is 297 g/mol. The highest BCUT2D eigenvalue weighted by molar-refractivity contribution is 7.98. The first-order valence-electron chi connectivity index (χ1n) is 5.73. The zero-order chi connectivity index (χ0) is 14.0. The normalized spacial score (nSPS) is 10.9. The standard InChI is InChI=1S/C12H15N3O2S2/c1-7-8-10(15(2)4-5-18-3)13-6-14-11(8)19-9(7)12(16)17/h6H,4-5H2,1-3H3,(H,16,17). The highest BCUT2D eigenvalue weighted by Crippen LogP contribution is 2.34. The van der Waals surface area contributed by atoms with E-state index in [1.807, 2.05) is 18.9 Å². The number of hydrogen-bond donors (Lipinski definition) is 1. The number of hydrogen-bond acceptors (Lipinski definition) is 6. The summed E-state index contributed by atoms with van der Waals surface area (Å²) in [5.41, 5.74) is 0.749. The molecule has 102 valence electrons. The van der Waals surface area contributed by atoms with E-state index in [1.165, 1.54) is 17.7 Å². The molecule has 7 heteroatoms. The van der Waals surface area contributed by atoms with E-state index in [-0.39, 0.29) is 0 Å². The lowest BCUT2D eigenvalue weighted by molar-refractivity contribution is 0.0701. The number of carboxylic acid groups (broad SMARTS) is 1. The summed E-state index contributed by atoms with van der Waals surface area (Å²) in [6.45, 7) is 2.68. The Morgan fingerprint density at radius 3 is 2.89 bits per heavy atom. The summed E-state index contributed by atoms with van der Waals surface area (Å²) in [5, 5.41) is 10.0. The van der Waals surface area contributed by atoms with E-state index in [2.05, 4.69) is 16.2 Å². The molecule has 2 aromatic heterocycles. The second-order valence-corrected chi connectivity index (χ2v) is 6.14. The van der Waals surface area contributed by atoms with Crippen LogP contribution in [-0.2, 0) is 0 Å². The first kappa shape index (κ1) is 14.1. The van der Waals surface area contributed by atoms with Gasteiger partial charge in [-0.3, -0.25) is 0 Å². The van der Waals surface area contributed by atoms with Crippen molar-refractivity contribution >= 4 is 45.1 Å². The lowest BCUT2D eigenvalue weighted by Crippen LogP contribution is -2.21. The van der Waals surface area contributed by atoms with Crippen LogP contribution in [0.1, 0.15) is 15.2 Å². The Kier molecular flexibility index (Phi) is 4.26. The number of nitrogens with zero attached hydrogens (tertiary/aromatic N) is 3. The highest BCUT2D eigenvalue weighted by atomic mass is 32.2. The molecule has 1 N–H and O–H groups in total. The summed E-state index contributed by atoms with van der Waals surface area (Å²) in [6, 6.07) is 0. The van der Waals surface area contributed by atoms with Gasteiger partial charge < -0.3 is 10.0 Å². The lowest BCUT2D eigenvalue weighted by Gasteiger charge is -2.18. The van der Waals surface area contributed by atoms with E-state index in [0.717, 1.165) is 33.9 Å². The molecule has 0 aliphatic heterocycles. The van der Waals surface area contributed by atoms with Crippen LogP contribution in [0.5, 0.6) is 0 Å². The van der Waals surface area contributed by atoms with E-state index in [1.54, 1.807) is 11.8 Å². The lowest BCUT2D eigenvalue weighted by atomic mass is 10.2. The summed E-state index contributed by atoms with van der Waals surface area (Å²) in [4.78, 5) is 22.8. The van der Waals surface area contributed by atoms with Crippen LogP contribution in [0.2, 0.25) is 0 Å². The topological polar surface area (TPSA) is 66.3 Å². The fourth-order valence-corrected chi connectivity index (χ4v) is 3.32. The first-order chi connectivity index (χ1) is 9.06. The molecule has 0 saturated carbocycles. The molecule has 0 radical (unpaired) electrons. The van der Waals surface area contributed by atoms with Gasteiger partial charge in [0.05, 0.1) is 5.39 Å². The summed E-state index contributed by atoms with van der Waals surface area (Å²) >= 11 is 2.97. The average Bonchev–Trinajstić information content (AvgIpc) is 2.73. The predicted molar refractivity (Wildman–Crippen MR) is 80.8 cm³/mol. The minimum atomic E-state index is -0.904. The third kappa shape index (κ3) is 2.66. The molecule has 0 aliphatic carbocycles. The maximum Gasteiger partial charge on any atom is 0.346 e.